The summed E-state index contributed by atoms with van der Waals surface area (Å²) < 4.78 is 27.9. The summed E-state index contributed by atoms with van der Waals surface area (Å²) in [5.74, 6) is -0.201. The fourth-order valence-electron chi connectivity index (χ4n) is 1.81. The summed E-state index contributed by atoms with van der Waals surface area (Å²) in [6.07, 6.45) is 2.88. The highest BCUT2D eigenvalue weighted by Gasteiger charge is 2.13. The second kappa shape index (κ2) is 12.4. The van der Waals surface area contributed by atoms with Crippen LogP contribution in [-0.2, 0) is 24.3 Å². The molecule has 0 N–H and O–H groups in total. The Balaban J connectivity index is 2.85. The number of nitriles is 1. The van der Waals surface area contributed by atoms with Crippen molar-refractivity contribution in [2.45, 2.75) is 39.5 Å². The highest BCUT2D eigenvalue weighted by atomic mass is 32.2. The van der Waals surface area contributed by atoms with Gasteiger partial charge in [0.05, 0.1) is 12.4 Å². The molecular weight excluding hydrogens is 384 g/mol. The Morgan fingerprint density at radius 2 is 1.79 bits per heavy atom. The molecule has 0 heterocycles. The number of amidine groups is 1. The van der Waals surface area contributed by atoms with Gasteiger partial charge in [-0.15, -0.1) is 9.88 Å². The average Bonchev–Trinajstić information content (AvgIpc) is 2.70. The van der Waals surface area contributed by atoms with Gasteiger partial charge in [-0.2, -0.15) is 13.7 Å². The van der Waals surface area contributed by atoms with Gasteiger partial charge >= 0.3 is 16.0 Å². The van der Waals surface area contributed by atoms with Crippen molar-refractivity contribution in [1.29, 1.82) is 5.26 Å². The number of benzene rings is 1. The van der Waals surface area contributed by atoms with E-state index in [1.165, 1.54) is 24.3 Å². The van der Waals surface area contributed by atoms with E-state index in [1.54, 1.807) is 6.07 Å². The predicted molar refractivity (Wildman–Crippen MR) is 103 cm³/mol. The van der Waals surface area contributed by atoms with Gasteiger partial charge in [-0.1, -0.05) is 62.7 Å². The zero-order valence-corrected chi connectivity index (χ0v) is 16.6. The lowest BCUT2D eigenvalue weighted by Gasteiger charge is -2.03. The van der Waals surface area contributed by atoms with E-state index in [-0.39, 0.29) is 17.3 Å². The van der Waals surface area contributed by atoms with E-state index in [9.17, 15) is 13.7 Å². The molecule has 0 aliphatic heterocycles. The molecule has 0 fully saturated rings. The Hall–Kier alpha value is -2.95. The molecule has 150 valence electrons. The molecule has 0 atom stereocenters. The van der Waals surface area contributed by atoms with Crippen molar-refractivity contribution in [2.24, 2.45) is 10.3 Å². The van der Waals surface area contributed by atoms with Gasteiger partial charge in [0.1, 0.15) is 11.2 Å². The Labute approximate surface area is 165 Å². The summed E-state index contributed by atoms with van der Waals surface area (Å²) in [5.41, 5.74) is 0.570. The zero-order chi connectivity index (χ0) is 20.8. The minimum atomic E-state index is -3.83. The standard InChI is InChI=1S/C18H22N4O5S/c1-4-6-12-25-26-22-18(20-3)16-10-8-15(9-11-16)17(14-19)21-27-28(23,24)13-7-5-2/h8-11H,4-7,12-13H2,1-2H3/b21-17+,22-18-. The first-order valence-electron chi connectivity index (χ1n) is 8.71. The van der Waals surface area contributed by atoms with Crippen LogP contribution in [0.2, 0.25) is 0 Å². The van der Waals surface area contributed by atoms with E-state index in [2.05, 4.69) is 24.4 Å². The van der Waals surface area contributed by atoms with Crippen LogP contribution in [0, 0.1) is 17.9 Å². The molecule has 0 saturated carbocycles. The van der Waals surface area contributed by atoms with Gasteiger partial charge in [-0.3, -0.25) is 4.28 Å². The molecule has 0 spiro atoms. The van der Waals surface area contributed by atoms with E-state index in [0.717, 1.165) is 12.8 Å². The smallest absolute Gasteiger partial charge is 0.328 e. The van der Waals surface area contributed by atoms with E-state index in [4.69, 9.17) is 11.5 Å². The molecule has 0 aliphatic rings. The van der Waals surface area contributed by atoms with E-state index < -0.39 is 10.1 Å². The summed E-state index contributed by atoms with van der Waals surface area (Å²) in [6.45, 7) is 11.4. The molecule has 0 saturated heterocycles. The maximum Gasteiger partial charge on any atom is 0.328 e. The van der Waals surface area contributed by atoms with Gasteiger partial charge < -0.3 is 4.85 Å². The van der Waals surface area contributed by atoms with Crippen LogP contribution >= 0.6 is 0 Å². The van der Waals surface area contributed by atoms with Crippen molar-refractivity contribution < 1.29 is 22.6 Å². The van der Waals surface area contributed by atoms with Crippen LogP contribution < -0.4 is 0 Å². The van der Waals surface area contributed by atoms with Crippen LogP contribution in [0.15, 0.2) is 34.6 Å². The molecule has 0 unspecified atom stereocenters. The Kier molecular flexibility index (Phi) is 10.3. The average molecular weight is 406 g/mol. The zero-order valence-electron chi connectivity index (χ0n) is 15.8. The summed E-state index contributed by atoms with van der Waals surface area (Å²) in [4.78, 5) is 12.8. The Morgan fingerprint density at radius 1 is 1.14 bits per heavy atom. The van der Waals surface area contributed by atoms with Crippen molar-refractivity contribution in [1.82, 2.24) is 0 Å². The minimum absolute atomic E-state index is 0.0307. The molecule has 0 bridgehead atoms. The lowest BCUT2D eigenvalue weighted by Crippen LogP contribution is -2.09. The van der Waals surface area contributed by atoms with Crippen LogP contribution in [0.1, 0.15) is 50.7 Å². The van der Waals surface area contributed by atoms with Crippen molar-refractivity contribution in [3.63, 3.8) is 0 Å². The van der Waals surface area contributed by atoms with Gasteiger partial charge in [-0.25, -0.2) is 0 Å². The Bertz CT molecular complexity index is 865. The third-order valence-corrected chi connectivity index (χ3v) is 4.47. The molecule has 1 aromatic carbocycles. The van der Waals surface area contributed by atoms with Gasteiger partial charge in [0.2, 0.25) is 0 Å². The van der Waals surface area contributed by atoms with Gasteiger partial charge in [0.25, 0.3) is 0 Å². The molecule has 10 heteroatoms. The van der Waals surface area contributed by atoms with Crippen molar-refractivity contribution >= 4 is 21.7 Å². The molecule has 28 heavy (non-hydrogen) atoms. The van der Waals surface area contributed by atoms with E-state index in [1.807, 2.05) is 13.8 Å². The second-order valence-electron chi connectivity index (χ2n) is 5.60. The maximum absolute atomic E-state index is 11.7. The lowest BCUT2D eigenvalue weighted by molar-refractivity contribution is -0.295. The third-order valence-electron chi connectivity index (χ3n) is 3.38. The van der Waals surface area contributed by atoms with Crippen LogP contribution in [-0.4, -0.2) is 32.3 Å². The van der Waals surface area contributed by atoms with Gasteiger partial charge in [0, 0.05) is 11.1 Å². The highest BCUT2D eigenvalue weighted by Crippen LogP contribution is 2.10. The molecule has 1 aromatic rings. The van der Waals surface area contributed by atoms with Crippen LogP contribution in [0.25, 0.3) is 4.85 Å². The summed E-state index contributed by atoms with van der Waals surface area (Å²) in [7, 11) is -3.83. The predicted octanol–water partition coefficient (Wildman–Crippen LogP) is 3.39. The van der Waals surface area contributed by atoms with Crippen LogP contribution in [0.5, 0.6) is 0 Å². The normalized spacial score (nSPS) is 12.1. The summed E-state index contributed by atoms with van der Waals surface area (Å²) >= 11 is 0. The van der Waals surface area contributed by atoms with E-state index >= 15 is 0 Å². The van der Waals surface area contributed by atoms with E-state index in [0.29, 0.717) is 30.6 Å². The second-order valence-corrected chi connectivity index (χ2v) is 7.27. The quantitative estimate of drug-likeness (QED) is 0.131. The fourth-order valence-corrected chi connectivity index (χ4v) is 2.71. The van der Waals surface area contributed by atoms with Gasteiger partial charge in [-0.05, 0) is 12.8 Å². The first kappa shape index (κ1) is 23.1. The van der Waals surface area contributed by atoms with Crippen LogP contribution in [0.3, 0.4) is 0 Å². The Morgan fingerprint density at radius 3 is 2.36 bits per heavy atom. The topological polar surface area (TPSA) is 115 Å². The molecule has 0 radical (unpaired) electrons. The number of nitrogens with zero attached hydrogens (tertiary/aromatic N) is 4. The monoisotopic (exact) mass is 406 g/mol. The first-order chi connectivity index (χ1) is 13.5. The number of oxime groups is 2. The molecule has 0 aromatic heterocycles. The number of hydrogen-bond donors (Lipinski definition) is 0. The molecule has 9 nitrogen and oxygen atoms in total. The van der Waals surface area contributed by atoms with Crippen LogP contribution in [0.4, 0.5) is 0 Å². The molecule has 0 amide bonds. The van der Waals surface area contributed by atoms with Crippen molar-refractivity contribution in [2.75, 3.05) is 12.4 Å². The minimum Gasteiger partial charge on any atom is -0.357 e. The fraction of sp³-hybridized carbons (Fsp3) is 0.444. The molecule has 1 rings (SSSR count). The SMILES string of the molecule is [C-]#[N+]/C(=N\OOCCCC)c1ccc(/C(C#N)=N/OS(=O)(=O)CCCC)cc1. The first-order valence-corrected chi connectivity index (χ1v) is 10.3. The number of hydrogen-bond acceptors (Lipinski definition) is 8. The summed E-state index contributed by atoms with van der Waals surface area (Å²) in [5, 5.41) is 16.3. The van der Waals surface area contributed by atoms with Gasteiger partial charge in [0.15, 0.2) is 5.71 Å². The molecule has 0 aliphatic carbocycles. The number of unbranched alkanes of at least 4 members (excludes halogenated alkanes) is 2. The number of rotatable bonds is 12. The highest BCUT2D eigenvalue weighted by molar-refractivity contribution is 7.86. The maximum atomic E-state index is 11.7. The molecular formula is C18H22N4O5S. The van der Waals surface area contributed by atoms with Crippen molar-refractivity contribution in [3.8, 4) is 6.07 Å². The summed E-state index contributed by atoms with van der Waals surface area (Å²) in [6, 6.07) is 7.84. The lowest BCUT2D eigenvalue weighted by atomic mass is 10.1. The third kappa shape index (κ3) is 8.16. The van der Waals surface area contributed by atoms with Crippen molar-refractivity contribution in [3.05, 3.63) is 46.8 Å². The largest absolute Gasteiger partial charge is 0.357 e.